The predicted molar refractivity (Wildman–Crippen MR) is 50.4 cm³/mol. The number of aromatic nitrogens is 2. The second-order valence-corrected chi connectivity index (χ2v) is 2.55. The minimum Gasteiger partial charge on any atom is -0.462 e. The highest BCUT2D eigenvalue weighted by Crippen LogP contribution is 2.12. The zero-order valence-electron chi connectivity index (χ0n) is 8.39. The van der Waals surface area contributed by atoms with E-state index in [2.05, 4.69) is 9.84 Å². The molecule has 1 rings (SSSR count). The van der Waals surface area contributed by atoms with Crippen LogP contribution in [0.2, 0.25) is 0 Å². The Labute approximate surface area is 85.8 Å². The summed E-state index contributed by atoms with van der Waals surface area (Å²) in [5.74, 6) is -0.717. The molecular formula is C8H11N3O4. The Bertz CT molecular complexity index is 385. The molecule has 7 nitrogen and oxygen atoms in total. The fourth-order valence-corrected chi connectivity index (χ4v) is 0.956. The molecule has 0 bridgehead atoms. The Morgan fingerprint density at radius 1 is 1.60 bits per heavy atom. The van der Waals surface area contributed by atoms with Gasteiger partial charge in [-0.25, -0.2) is 9.59 Å². The van der Waals surface area contributed by atoms with Crippen molar-refractivity contribution in [2.24, 2.45) is 0 Å². The zero-order valence-corrected chi connectivity index (χ0v) is 8.39. The van der Waals surface area contributed by atoms with Gasteiger partial charge in [-0.15, -0.1) is 4.68 Å². The fourth-order valence-electron chi connectivity index (χ4n) is 0.956. The van der Waals surface area contributed by atoms with Crippen LogP contribution in [0.5, 0.6) is 0 Å². The predicted octanol–water partition coefficient (Wildman–Crippen LogP) is 0.257. The first-order valence-corrected chi connectivity index (χ1v) is 4.20. The minimum absolute atomic E-state index is 0.0438. The van der Waals surface area contributed by atoms with Crippen LogP contribution in [0.3, 0.4) is 0 Å². The van der Waals surface area contributed by atoms with Crippen molar-refractivity contribution in [3.05, 3.63) is 11.8 Å². The van der Waals surface area contributed by atoms with Crippen LogP contribution in [0.1, 0.15) is 17.3 Å². The summed E-state index contributed by atoms with van der Waals surface area (Å²) in [4.78, 5) is 22.4. The Balaban J connectivity index is 2.98. The molecule has 15 heavy (non-hydrogen) atoms. The van der Waals surface area contributed by atoms with Gasteiger partial charge in [-0.2, -0.15) is 5.10 Å². The van der Waals surface area contributed by atoms with Crippen LogP contribution < -0.4 is 5.73 Å². The summed E-state index contributed by atoms with van der Waals surface area (Å²) in [5.41, 5.74) is 5.55. The normalized spacial score (nSPS) is 9.73. The van der Waals surface area contributed by atoms with Crippen LogP contribution in [0.4, 0.5) is 10.6 Å². The lowest BCUT2D eigenvalue weighted by atomic mass is 10.3. The number of hydrogen-bond donors (Lipinski definition) is 1. The average Bonchev–Trinajstić information content (AvgIpc) is 2.59. The van der Waals surface area contributed by atoms with Gasteiger partial charge in [0.15, 0.2) is 0 Å². The first kappa shape index (κ1) is 11.0. The maximum atomic E-state index is 11.3. The maximum Gasteiger partial charge on any atom is 0.436 e. The van der Waals surface area contributed by atoms with Gasteiger partial charge in [0.2, 0.25) is 0 Å². The highest BCUT2D eigenvalue weighted by Gasteiger charge is 2.19. The summed E-state index contributed by atoms with van der Waals surface area (Å²) in [6.07, 6.45) is 0.396. The molecule has 7 heteroatoms. The van der Waals surface area contributed by atoms with Crippen molar-refractivity contribution in [2.45, 2.75) is 6.92 Å². The smallest absolute Gasteiger partial charge is 0.436 e. The lowest BCUT2D eigenvalue weighted by Crippen LogP contribution is -2.16. The van der Waals surface area contributed by atoms with Gasteiger partial charge in [-0.05, 0) is 6.92 Å². The molecule has 0 amide bonds. The number of nitrogens with two attached hydrogens (primary N) is 1. The Hall–Kier alpha value is -2.05. The van der Waals surface area contributed by atoms with Crippen molar-refractivity contribution in [1.29, 1.82) is 0 Å². The van der Waals surface area contributed by atoms with E-state index >= 15 is 0 Å². The molecule has 0 aliphatic carbocycles. The monoisotopic (exact) mass is 213 g/mol. The van der Waals surface area contributed by atoms with Gasteiger partial charge in [0.05, 0.1) is 19.9 Å². The van der Waals surface area contributed by atoms with Crippen LogP contribution >= 0.6 is 0 Å². The van der Waals surface area contributed by atoms with Crippen LogP contribution in [0.15, 0.2) is 6.20 Å². The Morgan fingerprint density at radius 2 is 2.27 bits per heavy atom. The minimum atomic E-state index is -0.761. The summed E-state index contributed by atoms with van der Waals surface area (Å²) in [6, 6.07) is 0. The molecular weight excluding hydrogens is 202 g/mol. The number of ether oxygens (including phenoxy) is 2. The maximum absolute atomic E-state index is 11.3. The average molecular weight is 213 g/mol. The number of nitrogens with zero attached hydrogens (tertiary/aromatic N) is 2. The third-order valence-electron chi connectivity index (χ3n) is 1.65. The molecule has 0 radical (unpaired) electrons. The van der Waals surface area contributed by atoms with E-state index in [1.165, 1.54) is 7.11 Å². The molecule has 0 spiro atoms. The number of rotatable bonds is 2. The van der Waals surface area contributed by atoms with Gasteiger partial charge in [-0.3, -0.25) is 0 Å². The van der Waals surface area contributed by atoms with E-state index in [1.807, 2.05) is 0 Å². The van der Waals surface area contributed by atoms with Crippen molar-refractivity contribution in [1.82, 2.24) is 9.78 Å². The van der Waals surface area contributed by atoms with Gasteiger partial charge < -0.3 is 15.2 Å². The van der Waals surface area contributed by atoms with Crippen LogP contribution in [-0.2, 0) is 9.47 Å². The first-order valence-electron chi connectivity index (χ1n) is 4.20. The van der Waals surface area contributed by atoms with E-state index in [1.54, 1.807) is 6.92 Å². The zero-order chi connectivity index (χ0) is 11.4. The standard InChI is InChI=1S/C8H11N3O4/c1-3-15-7(12)5-4-10-11(6(5)9)8(13)14-2/h4H,3,9H2,1-2H3. The number of methoxy groups -OCH3 is 1. The van der Waals surface area contributed by atoms with Crippen molar-refractivity contribution < 1.29 is 19.1 Å². The summed E-state index contributed by atoms with van der Waals surface area (Å²) in [7, 11) is 1.19. The lowest BCUT2D eigenvalue weighted by Gasteiger charge is -2.02. The van der Waals surface area contributed by atoms with E-state index < -0.39 is 12.1 Å². The summed E-state index contributed by atoms with van der Waals surface area (Å²) in [6.45, 7) is 1.89. The molecule has 0 saturated carbocycles. The second kappa shape index (κ2) is 4.45. The molecule has 0 aliphatic heterocycles. The van der Waals surface area contributed by atoms with E-state index in [0.717, 1.165) is 10.9 Å². The lowest BCUT2D eigenvalue weighted by molar-refractivity contribution is 0.0527. The van der Waals surface area contributed by atoms with Crippen LogP contribution in [-0.4, -0.2) is 35.6 Å². The molecule has 0 saturated heterocycles. The highest BCUT2D eigenvalue weighted by molar-refractivity contribution is 5.95. The van der Waals surface area contributed by atoms with Gasteiger partial charge in [0.1, 0.15) is 11.4 Å². The first-order chi connectivity index (χ1) is 7.11. The molecule has 1 aromatic heterocycles. The number of nitrogen functional groups attached to an aromatic ring is 1. The van der Waals surface area contributed by atoms with Crippen LogP contribution in [0.25, 0.3) is 0 Å². The molecule has 1 aromatic rings. The molecule has 82 valence electrons. The molecule has 0 aromatic carbocycles. The van der Waals surface area contributed by atoms with E-state index in [4.69, 9.17) is 10.5 Å². The number of carbonyl (C=O) groups is 2. The summed E-state index contributed by atoms with van der Waals surface area (Å²) < 4.78 is 9.89. The van der Waals surface area contributed by atoms with E-state index in [0.29, 0.717) is 0 Å². The molecule has 1 heterocycles. The quantitative estimate of drug-likeness (QED) is 0.707. The van der Waals surface area contributed by atoms with E-state index in [9.17, 15) is 9.59 Å². The van der Waals surface area contributed by atoms with Crippen LogP contribution in [0, 0.1) is 0 Å². The molecule has 0 unspecified atom stereocenters. The van der Waals surface area contributed by atoms with Crippen molar-refractivity contribution in [3.63, 3.8) is 0 Å². The SMILES string of the molecule is CCOC(=O)c1cnn(C(=O)OC)c1N. The van der Waals surface area contributed by atoms with Gasteiger partial charge >= 0.3 is 12.1 Å². The number of anilines is 1. The molecule has 0 atom stereocenters. The highest BCUT2D eigenvalue weighted by atomic mass is 16.5. The molecule has 0 fully saturated rings. The van der Waals surface area contributed by atoms with Crippen molar-refractivity contribution >= 4 is 17.9 Å². The van der Waals surface area contributed by atoms with E-state index in [-0.39, 0.29) is 18.0 Å². The summed E-state index contributed by atoms with van der Waals surface area (Å²) >= 11 is 0. The van der Waals surface area contributed by atoms with Gasteiger partial charge in [-0.1, -0.05) is 0 Å². The molecule has 0 aliphatic rings. The second-order valence-electron chi connectivity index (χ2n) is 2.55. The van der Waals surface area contributed by atoms with Crippen molar-refractivity contribution in [3.8, 4) is 0 Å². The Kier molecular flexibility index (Phi) is 3.27. The van der Waals surface area contributed by atoms with Crippen molar-refractivity contribution in [2.75, 3.05) is 19.5 Å². The third kappa shape index (κ3) is 2.06. The largest absolute Gasteiger partial charge is 0.462 e. The number of carbonyl (C=O) groups excluding carboxylic acids is 2. The topological polar surface area (TPSA) is 96.4 Å². The summed E-state index contributed by atoms with van der Waals surface area (Å²) in [5, 5.41) is 3.61. The molecule has 2 N–H and O–H groups in total. The fraction of sp³-hybridized carbons (Fsp3) is 0.375. The number of esters is 1. The van der Waals surface area contributed by atoms with Gasteiger partial charge in [0.25, 0.3) is 0 Å². The third-order valence-corrected chi connectivity index (χ3v) is 1.65. The Morgan fingerprint density at radius 3 is 2.80 bits per heavy atom. The number of hydrogen-bond acceptors (Lipinski definition) is 6. The van der Waals surface area contributed by atoms with Gasteiger partial charge in [0, 0.05) is 0 Å².